The first-order valence-electron chi connectivity index (χ1n) is 4.24. The van der Waals surface area contributed by atoms with E-state index in [1.165, 1.54) is 28.6 Å². The molecular weight excluding hydrogens is 232 g/mol. The number of hydrogen-bond donors (Lipinski definition) is 0. The maximum Gasteiger partial charge on any atom is 0.0308 e. The van der Waals surface area contributed by atoms with Crippen molar-refractivity contribution in [2.75, 3.05) is 5.75 Å². The molecule has 0 aliphatic carbocycles. The van der Waals surface area contributed by atoms with Gasteiger partial charge in [0.05, 0.1) is 0 Å². The van der Waals surface area contributed by atoms with Crippen molar-refractivity contribution in [2.45, 2.75) is 18.1 Å². The zero-order valence-electron chi connectivity index (χ0n) is 6.79. The van der Waals surface area contributed by atoms with Crippen LogP contribution in [-0.2, 0) is 0 Å². The Labute approximate surface area is 85.9 Å². The number of halogens is 1. The lowest BCUT2D eigenvalue weighted by Gasteiger charge is -2.10. The molecule has 0 radical (unpaired) electrons. The van der Waals surface area contributed by atoms with Gasteiger partial charge < -0.3 is 0 Å². The van der Waals surface area contributed by atoms with Crippen LogP contribution in [0.1, 0.15) is 23.7 Å². The van der Waals surface area contributed by atoms with Gasteiger partial charge in [-0.25, -0.2) is 0 Å². The van der Waals surface area contributed by atoms with Crippen molar-refractivity contribution in [3.63, 3.8) is 0 Å². The molecule has 0 nitrogen and oxygen atoms in total. The van der Waals surface area contributed by atoms with Crippen LogP contribution in [-0.4, -0.2) is 5.75 Å². The van der Waals surface area contributed by atoms with Gasteiger partial charge in [0.1, 0.15) is 0 Å². The summed E-state index contributed by atoms with van der Waals surface area (Å²) in [6.45, 7) is 0. The van der Waals surface area contributed by atoms with E-state index in [1.807, 2.05) is 0 Å². The zero-order chi connectivity index (χ0) is 8.39. The molecule has 0 spiro atoms. The lowest BCUT2D eigenvalue weighted by atomic mass is 10.1. The molecule has 0 N–H and O–H groups in total. The Kier molecular flexibility index (Phi) is 2.76. The van der Waals surface area contributed by atoms with Gasteiger partial charge in [0.25, 0.3) is 0 Å². The lowest BCUT2D eigenvalue weighted by molar-refractivity contribution is 0.826. The molecule has 0 amide bonds. The molecule has 1 aromatic rings. The minimum absolute atomic E-state index is 0.737. The number of benzene rings is 1. The van der Waals surface area contributed by atoms with Crippen LogP contribution < -0.4 is 0 Å². The van der Waals surface area contributed by atoms with Crippen LogP contribution in [0.5, 0.6) is 0 Å². The van der Waals surface area contributed by atoms with Crippen molar-refractivity contribution in [2.24, 2.45) is 0 Å². The molecule has 1 aliphatic heterocycles. The van der Waals surface area contributed by atoms with E-state index in [1.54, 1.807) is 0 Å². The minimum atomic E-state index is 0.737. The van der Waals surface area contributed by atoms with Gasteiger partial charge in [0, 0.05) is 9.72 Å². The normalized spacial score (nSPS) is 22.9. The fourth-order valence-corrected chi connectivity index (χ4v) is 3.61. The van der Waals surface area contributed by atoms with Gasteiger partial charge >= 0.3 is 0 Å². The highest BCUT2D eigenvalue weighted by Gasteiger charge is 2.18. The molecule has 1 aromatic carbocycles. The monoisotopic (exact) mass is 242 g/mol. The van der Waals surface area contributed by atoms with E-state index in [0.29, 0.717) is 0 Å². The molecule has 0 aromatic heterocycles. The third kappa shape index (κ3) is 1.69. The van der Waals surface area contributed by atoms with Crippen LogP contribution in [0.4, 0.5) is 0 Å². The highest BCUT2D eigenvalue weighted by Crippen LogP contribution is 2.42. The van der Waals surface area contributed by atoms with E-state index in [-0.39, 0.29) is 0 Å². The fourth-order valence-electron chi connectivity index (χ4n) is 1.56. The van der Waals surface area contributed by atoms with E-state index in [4.69, 9.17) is 0 Å². The summed E-state index contributed by atoms with van der Waals surface area (Å²) in [5, 5.41) is 0.737. The van der Waals surface area contributed by atoms with E-state index in [0.717, 1.165) is 5.25 Å². The van der Waals surface area contributed by atoms with Crippen LogP contribution in [0.3, 0.4) is 0 Å². The fraction of sp³-hybridized carbons (Fsp3) is 0.400. The van der Waals surface area contributed by atoms with Crippen molar-refractivity contribution in [1.82, 2.24) is 0 Å². The molecule has 1 saturated heterocycles. The van der Waals surface area contributed by atoms with Gasteiger partial charge in [-0.05, 0) is 30.2 Å². The van der Waals surface area contributed by atoms with Gasteiger partial charge in [-0.1, -0.05) is 34.1 Å². The van der Waals surface area contributed by atoms with Crippen molar-refractivity contribution in [3.05, 3.63) is 34.3 Å². The van der Waals surface area contributed by atoms with Gasteiger partial charge in [-0.2, -0.15) is 11.8 Å². The molecule has 0 bridgehead atoms. The molecule has 1 heterocycles. The molecule has 1 aliphatic rings. The third-order valence-corrected chi connectivity index (χ3v) is 4.32. The smallest absolute Gasteiger partial charge is 0.0308 e. The Morgan fingerprint density at radius 1 is 1.33 bits per heavy atom. The molecule has 12 heavy (non-hydrogen) atoms. The zero-order valence-corrected chi connectivity index (χ0v) is 9.20. The summed E-state index contributed by atoms with van der Waals surface area (Å²) >= 11 is 5.67. The standard InChI is InChI=1S/C10H11BrS/c11-9-5-2-1-4-8(9)10-6-3-7-12-10/h1-2,4-5,10H,3,6-7H2. The van der Waals surface area contributed by atoms with Gasteiger partial charge in [0.15, 0.2) is 0 Å². The second kappa shape index (κ2) is 3.84. The SMILES string of the molecule is Brc1ccccc1C1CCCS1. The van der Waals surface area contributed by atoms with Crippen molar-refractivity contribution in [3.8, 4) is 0 Å². The predicted octanol–water partition coefficient (Wildman–Crippen LogP) is 4.02. The van der Waals surface area contributed by atoms with Crippen LogP contribution in [0, 0.1) is 0 Å². The predicted molar refractivity (Wildman–Crippen MR) is 58.6 cm³/mol. The van der Waals surface area contributed by atoms with Gasteiger partial charge in [-0.3, -0.25) is 0 Å². The first-order chi connectivity index (χ1) is 5.88. The van der Waals surface area contributed by atoms with E-state index >= 15 is 0 Å². The summed E-state index contributed by atoms with van der Waals surface area (Å²) in [6, 6.07) is 8.56. The Hall–Kier alpha value is 0.0500. The van der Waals surface area contributed by atoms with E-state index in [9.17, 15) is 0 Å². The second-order valence-corrected chi connectivity index (χ2v) is 5.19. The number of rotatable bonds is 1. The van der Waals surface area contributed by atoms with Crippen LogP contribution in [0.2, 0.25) is 0 Å². The molecule has 1 atom stereocenters. The first kappa shape index (κ1) is 8.64. The maximum atomic E-state index is 3.59. The summed E-state index contributed by atoms with van der Waals surface area (Å²) in [6.07, 6.45) is 2.71. The molecule has 1 fully saturated rings. The Morgan fingerprint density at radius 2 is 2.17 bits per heavy atom. The topological polar surface area (TPSA) is 0 Å². The largest absolute Gasteiger partial charge is 0.154 e. The molecule has 1 unspecified atom stereocenters. The average Bonchev–Trinajstić information content (AvgIpc) is 2.57. The lowest BCUT2D eigenvalue weighted by Crippen LogP contribution is -1.88. The third-order valence-electron chi connectivity index (χ3n) is 2.18. The average molecular weight is 243 g/mol. The highest BCUT2D eigenvalue weighted by molar-refractivity contribution is 9.10. The maximum absolute atomic E-state index is 3.59. The van der Waals surface area contributed by atoms with Crippen LogP contribution >= 0.6 is 27.7 Å². The van der Waals surface area contributed by atoms with Crippen LogP contribution in [0.25, 0.3) is 0 Å². The quantitative estimate of drug-likeness (QED) is 0.717. The molecule has 2 heteroatoms. The molecule has 2 rings (SSSR count). The minimum Gasteiger partial charge on any atom is -0.154 e. The summed E-state index contributed by atoms with van der Waals surface area (Å²) in [7, 11) is 0. The van der Waals surface area contributed by atoms with Crippen molar-refractivity contribution in [1.29, 1.82) is 0 Å². The Morgan fingerprint density at radius 3 is 2.83 bits per heavy atom. The molecule has 0 saturated carbocycles. The van der Waals surface area contributed by atoms with Crippen molar-refractivity contribution >= 4 is 27.7 Å². The molecule has 64 valence electrons. The van der Waals surface area contributed by atoms with Crippen molar-refractivity contribution < 1.29 is 0 Å². The Balaban J connectivity index is 2.26. The second-order valence-electron chi connectivity index (χ2n) is 3.02. The highest BCUT2D eigenvalue weighted by atomic mass is 79.9. The summed E-state index contributed by atoms with van der Waals surface area (Å²) < 4.78 is 1.27. The summed E-state index contributed by atoms with van der Waals surface area (Å²) in [5.74, 6) is 1.33. The van der Waals surface area contributed by atoms with Gasteiger partial charge in [-0.15, -0.1) is 0 Å². The summed E-state index contributed by atoms with van der Waals surface area (Å²) in [5.41, 5.74) is 1.47. The first-order valence-corrected chi connectivity index (χ1v) is 6.08. The van der Waals surface area contributed by atoms with Gasteiger partial charge in [0.2, 0.25) is 0 Å². The van der Waals surface area contributed by atoms with E-state index < -0.39 is 0 Å². The molecular formula is C10H11BrS. The van der Waals surface area contributed by atoms with E-state index in [2.05, 4.69) is 52.0 Å². The van der Waals surface area contributed by atoms with Crippen LogP contribution in [0.15, 0.2) is 28.7 Å². The number of thioether (sulfide) groups is 1. The Bertz CT molecular complexity index is 266. The summed E-state index contributed by atoms with van der Waals surface area (Å²) in [4.78, 5) is 0. The number of hydrogen-bond acceptors (Lipinski definition) is 1.